The Labute approximate surface area is 154 Å². The van der Waals surface area contributed by atoms with Crippen LogP contribution in [-0.4, -0.2) is 11.8 Å². The van der Waals surface area contributed by atoms with Crippen molar-refractivity contribution in [2.75, 3.05) is 10.6 Å². The third-order valence-electron chi connectivity index (χ3n) is 3.59. The van der Waals surface area contributed by atoms with Crippen molar-refractivity contribution in [3.8, 4) is 0 Å². The van der Waals surface area contributed by atoms with E-state index in [4.69, 9.17) is 11.6 Å². The zero-order valence-electron chi connectivity index (χ0n) is 13.5. The van der Waals surface area contributed by atoms with Gasteiger partial charge in [-0.05, 0) is 66.7 Å². The summed E-state index contributed by atoms with van der Waals surface area (Å²) in [6.45, 7) is 0. The molecule has 0 fully saturated rings. The molecule has 0 atom stereocenters. The summed E-state index contributed by atoms with van der Waals surface area (Å²) in [6.07, 6.45) is 0. The fraction of sp³-hybridized carbons (Fsp3) is 0. The van der Waals surface area contributed by atoms with E-state index in [1.807, 2.05) is 0 Å². The fourth-order valence-corrected chi connectivity index (χ4v) is 2.40. The number of halogens is 2. The third kappa shape index (κ3) is 4.46. The van der Waals surface area contributed by atoms with E-state index in [-0.39, 0.29) is 11.8 Å². The van der Waals surface area contributed by atoms with Crippen molar-refractivity contribution in [2.45, 2.75) is 0 Å². The van der Waals surface area contributed by atoms with Crippen molar-refractivity contribution in [2.24, 2.45) is 0 Å². The van der Waals surface area contributed by atoms with Crippen LogP contribution in [0, 0.1) is 5.82 Å². The standard InChI is InChI=1S/C20H14ClFN2O2/c21-15-8-10-17(11-9-15)23-19(25)13-4-6-14(7-5-13)20(26)24-18-3-1-2-16(22)12-18/h1-12H,(H,23,25)(H,24,26). The molecule has 6 heteroatoms. The SMILES string of the molecule is O=C(Nc1ccc(Cl)cc1)c1ccc(C(=O)Nc2cccc(F)c2)cc1. The summed E-state index contributed by atoms with van der Waals surface area (Å²) in [5, 5.41) is 5.92. The lowest BCUT2D eigenvalue weighted by molar-refractivity contribution is 0.101. The first-order chi connectivity index (χ1) is 12.5. The molecule has 4 nitrogen and oxygen atoms in total. The Morgan fingerprint density at radius 2 is 1.27 bits per heavy atom. The van der Waals surface area contributed by atoms with Crippen LogP contribution in [-0.2, 0) is 0 Å². The van der Waals surface area contributed by atoms with Gasteiger partial charge < -0.3 is 10.6 Å². The molecule has 0 aliphatic rings. The van der Waals surface area contributed by atoms with Crippen molar-refractivity contribution < 1.29 is 14.0 Å². The summed E-state index contributed by atoms with van der Waals surface area (Å²) in [4.78, 5) is 24.4. The van der Waals surface area contributed by atoms with Gasteiger partial charge in [0.1, 0.15) is 5.82 Å². The molecule has 0 bridgehead atoms. The number of nitrogens with one attached hydrogen (secondary N) is 2. The lowest BCUT2D eigenvalue weighted by Gasteiger charge is -2.07. The van der Waals surface area contributed by atoms with Crippen LogP contribution in [0.5, 0.6) is 0 Å². The minimum Gasteiger partial charge on any atom is -0.322 e. The maximum atomic E-state index is 13.2. The Bertz CT molecular complexity index is 941. The lowest BCUT2D eigenvalue weighted by atomic mass is 10.1. The Morgan fingerprint density at radius 3 is 1.81 bits per heavy atom. The molecule has 0 spiro atoms. The first-order valence-corrected chi connectivity index (χ1v) is 8.13. The molecule has 3 aromatic carbocycles. The first kappa shape index (κ1) is 17.6. The van der Waals surface area contributed by atoms with Gasteiger partial charge in [-0.15, -0.1) is 0 Å². The average molecular weight is 369 g/mol. The largest absolute Gasteiger partial charge is 0.322 e. The number of amides is 2. The summed E-state index contributed by atoms with van der Waals surface area (Å²) in [5.74, 6) is -1.12. The monoisotopic (exact) mass is 368 g/mol. The molecule has 0 aromatic heterocycles. The van der Waals surface area contributed by atoms with E-state index in [0.29, 0.717) is 27.5 Å². The van der Waals surface area contributed by atoms with Gasteiger partial charge in [-0.1, -0.05) is 17.7 Å². The number of hydrogen-bond donors (Lipinski definition) is 2. The van der Waals surface area contributed by atoms with Gasteiger partial charge in [0.15, 0.2) is 0 Å². The minimum absolute atomic E-state index is 0.301. The smallest absolute Gasteiger partial charge is 0.255 e. The van der Waals surface area contributed by atoms with Crippen LogP contribution in [0.1, 0.15) is 20.7 Å². The van der Waals surface area contributed by atoms with Crippen LogP contribution in [0.2, 0.25) is 5.02 Å². The summed E-state index contributed by atoms with van der Waals surface area (Å²) in [5.41, 5.74) is 1.74. The van der Waals surface area contributed by atoms with E-state index in [2.05, 4.69) is 10.6 Å². The van der Waals surface area contributed by atoms with Gasteiger partial charge in [0.2, 0.25) is 0 Å². The molecule has 2 amide bonds. The Morgan fingerprint density at radius 1 is 0.731 bits per heavy atom. The molecular weight excluding hydrogens is 355 g/mol. The van der Waals surface area contributed by atoms with Crippen molar-refractivity contribution in [1.82, 2.24) is 0 Å². The molecule has 3 aromatic rings. The fourth-order valence-electron chi connectivity index (χ4n) is 2.28. The first-order valence-electron chi connectivity index (χ1n) is 7.75. The van der Waals surface area contributed by atoms with Crippen LogP contribution in [0.15, 0.2) is 72.8 Å². The zero-order valence-corrected chi connectivity index (χ0v) is 14.3. The number of hydrogen-bond acceptors (Lipinski definition) is 2. The van der Waals surface area contributed by atoms with E-state index >= 15 is 0 Å². The van der Waals surface area contributed by atoms with Crippen LogP contribution < -0.4 is 10.6 Å². The molecule has 130 valence electrons. The molecule has 0 unspecified atom stereocenters. The summed E-state index contributed by atoms with van der Waals surface area (Å²) < 4.78 is 13.2. The van der Waals surface area contributed by atoms with E-state index in [1.165, 1.54) is 30.3 Å². The van der Waals surface area contributed by atoms with Crippen molar-refractivity contribution >= 4 is 34.8 Å². The highest BCUT2D eigenvalue weighted by atomic mass is 35.5. The quantitative estimate of drug-likeness (QED) is 0.682. The highest BCUT2D eigenvalue weighted by molar-refractivity contribution is 6.30. The molecule has 0 heterocycles. The summed E-state index contributed by atoms with van der Waals surface area (Å²) >= 11 is 5.81. The Balaban J connectivity index is 1.66. The summed E-state index contributed by atoms with van der Waals surface area (Å²) in [7, 11) is 0. The van der Waals surface area contributed by atoms with Gasteiger partial charge in [0, 0.05) is 27.5 Å². The van der Waals surface area contributed by atoms with E-state index in [0.717, 1.165) is 0 Å². The minimum atomic E-state index is -0.433. The van der Waals surface area contributed by atoms with Crippen molar-refractivity contribution in [1.29, 1.82) is 0 Å². The van der Waals surface area contributed by atoms with Crippen molar-refractivity contribution in [3.05, 3.63) is 94.8 Å². The van der Waals surface area contributed by atoms with Crippen LogP contribution >= 0.6 is 11.6 Å². The van der Waals surface area contributed by atoms with Gasteiger partial charge in [0.05, 0.1) is 0 Å². The van der Waals surface area contributed by atoms with Gasteiger partial charge in [0.25, 0.3) is 11.8 Å². The molecule has 0 aliphatic heterocycles. The number of rotatable bonds is 4. The molecular formula is C20H14ClFN2O2. The zero-order chi connectivity index (χ0) is 18.5. The molecule has 0 radical (unpaired) electrons. The lowest BCUT2D eigenvalue weighted by Crippen LogP contribution is -2.14. The van der Waals surface area contributed by atoms with Crippen molar-refractivity contribution in [3.63, 3.8) is 0 Å². The molecule has 0 saturated carbocycles. The van der Waals surface area contributed by atoms with Gasteiger partial charge in [-0.25, -0.2) is 4.39 Å². The predicted molar refractivity (Wildman–Crippen MR) is 100 cm³/mol. The molecule has 0 saturated heterocycles. The van der Waals surface area contributed by atoms with Gasteiger partial charge in [-0.2, -0.15) is 0 Å². The maximum absolute atomic E-state index is 13.2. The Kier molecular flexibility index (Phi) is 5.29. The highest BCUT2D eigenvalue weighted by Crippen LogP contribution is 2.15. The molecule has 0 aliphatic carbocycles. The number of carbonyl (C=O) groups is 2. The normalized spacial score (nSPS) is 10.2. The van der Waals surface area contributed by atoms with E-state index < -0.39 is 5.82 Å². The number of benzene rings is 3. The summed E-state index contributed by atoms with van der Waals surface area (Å²) in [6, 6.07) is 18.5. The molecule has 2 N–H and O–H groups in total. The third-order valence-corrected chi connectivity index (χ3v) is 3.85. The van der Waals surface area contributed by atoms with Gasteiger partial charge >= 0.3 is 0 Å². The maximum Gasteiger partial charge on any atom is 0.255 e. The van der Waals surface area contributed by atoms with E-state index in [1.54, 1.807) is 42.5 Å². The van der Waals surface area contributed by atoms with Crippen LogP contribution in [0.25, 0.3) is 0 Å². The Hall–Kier alpha value is -3.18. The molecule has 3 rings (SSSR count). The predicted octanol–water partition coefficient (Wildman–Crippen LogP) is 4.98. The second kappa shape index (κ2) is 7.80. The highest BCUT2D eigenvalue weighted by Gasteiger charge is 2.10. The topological polar surface area (TPSA) is 58.2 Å². The van der Waals surface area contributed by atoms with E-state index in [9.17, 15) is 14.0 Å². The number of anilines is 2. The van der Waals surface area contributed by atoms with Crippen LogP contribution in [0.3, 0.4) is 0 Å². The average Bonchev–Trinajstić information content (AvgIpc) is 2.64. The number of carbonyl (C=O) groups excluding carboxylic acids is 2. The van der Waals surface area contributed by atoms with Gasteiger partial charge in [-0.3, -0.25) is 9.59 Å². The molecule has 26 heavy (non-hydrogen) atoms. The second-order valence-corrected chi connectivity index (χ2v) is 5.94. The second-order valence-electron chi connectivity index (χ2n) is 5.50. The van der Waals surface area contributed by atoms with Crippen LogP contribution in [0.4, 0.5) is 15.8 Å².